The molecule has 1 aliphatic rings. The lowest BCUT2D eigenvalue weighted by Crippen LogP contribution is -2.34. The van der Waals surface area contributed by atoms with Crippen molar-refractivity contribution in [2.45, 2.75) is 25.0 Å². The molecule has 1 amide bonds. The van der Waals surface area contributed by atoms with Crippen molar-refractivity contribution in [1.29, 1.82) is 0 Å². The van der Waals surface area contributed by atoms with Crippen molar-refractivity contribution in [3.63, 3.8) is 0 Å². The molecule has 3 rings (SSSR count). The van der Waals surface area contributed by atoms with Crippen LogP contribution in [0.15, 0.2) is 18.2 Å². The smallest absolute Gasteiger partial charge is 0.250 e. The van der Waals surface area contributed by atoms with Gasteiger partial charge in [0.2, 0.25) is 0 Å². The highest BCUT2D eigenvalue weighted by Gasteiger charge is 2.28. The quantitative estimate of drug-likeness (QED) is 0.573. The largest absolute Gasteiger partial charge is 0.390 e. The highest BCUT2D eigenvalue weighted by Crippen LogP contribution is 2.30. The lowest BCUT2D eigenvalue weighted by molar-refractivity contribution is 0.0139. The van der Waals surface area contributed by atoms with Crippen molar-refractivity contribution in [2.75, 3.05) is 0 Å². The predicted octanol–water partition coefficient (Wildman–Crippen LogP) is 0.0872. The van der Waals surface area contributed by atoms with Crippen molar-refractivity contribution in [1.82, 2.24) is 4.98 Å². The van der Waals surface area contributed by atoms with Crippen molar-refractivity contribution in [3.8, 4) is 0 Å². The van der Waals surface area contributed by atoms with Gasteiger partial charge in [0, 0.05) is 23.9 Å². The van der Waals surface area contributed by atoms with Crippen LogP contribution in [-0.4, -0.2) is 33.3 Å². The molecule has 0 fully saturated rings. The Morgan fingerprint density at radius 2 is 2.00 bits per heavy atom. The third-order valence-corrected chi connectivity index (χ3v) is 3.57. The fourth-order valence-corrected chi connectivity index (χ4v) is 2.63. The molecule has 0 saturated carbocycles. The lowest BCUT2D eigenvalue weighted by atomic mass is 9.91. The summed E-state index contributed by atoms with van der Waals surface area (Å²) in [4.78, 5) is 14.5. The average Bonchev–Trinajstić information content (AvgIpc) is 2.67. The first-order valence-corrected chi connectivity index (χ1v) is 5.86. The first-order chi connectivity index (χ1) is 8.58. The highest BCUT2D eigenvalue weighted by molar-refractivity contribution is 6.06. The zero-order valence-electron chi connectivity index (χ0n) is 9.68. The number of aliphatic hydroxyl groups excluding tert-OH is 2. The number of aliphatic hydroxyl groups is 2. The van der Waals surface area contributed by atoms with Crippen LogP contribution in [0.4, 0.5) is 0 Å². The van der Waals surface area contributed by atoms with E-state index < -0.39 is 18.1 Å². The number of fused-ring (bicyclic) bond motifs is 3. The first kappa shape index (κ1) is 11.3. The fraction of sp³-hybridized carbons (Fsp3) is 0.308. The number of nitrogens with one attached hydrogen (secondary N) is 1. The van der Waals surface area contributed by atoms with Gasteiger partial charge < -0.3 is 20.9 Å². The van der Waals surface area contributed by atoms with Gasteiger partial charge in [-0.05, 0) is 11.6 Å². The molecule has 2 atom stereocenters. The van der Waals surface area contributed by atoms with E-state index in [0.29, 0.717) is 23.9 Å². The summed E-state index contributed by atoms with van der Waals surface area (Å²) in [5.41, 5.74) is 8.30. The Labute approximate surface area is 103 Å². The maximum absolute atomic E-state index is 11.4. The summed E-state index contributed by atoms with van der Waals surface area (Å²) in [7, 11) is 0. The third kappa shape index (κ3) is 1.52. The van der Waals surface area contributed by atoms with E-state index in [9.17, 15) is 15.0 Å². The van der Waals surface area contributed by atoms with Gasteiger partial charge in [0.05, 0.1) is 23.3 Å². The van der Waals surface area contributed by atoms with Gasteiger partial charge in [0.15, 0.2) is 0 Å². The molecule has 0 spiro atoms. The van der Waals surface area contributed by atoms with Gasteiger partial charge in [-0.1, -0.05) is 12.1 Å². The minimum atomic E-state index is -0.761. The molecule has 2 aromatic rings. The van der Waals surface area contributed by atoms with Crippen LogP contribution in [0.5, 0.6) is 0 Å². The predicted molar refractivity (Wildman–Crippen MR) is 66.2 cm³/mol. The molecule has 1 aliphatic carbocycles. The van der Waals surface area contributed by atoms with Crippen molar-refractivity contribution in [2.24, 2.45) is 5.73 Å². The van der Waals surface area contributed by atoms with Crippen LogP contribution in [0.1, 0.15) is 21.6 Å². The molecule has 2 unspecified atom stereocenters. The van der Waals surface area contributed by atoms with Gasteiger partial charge in [-0.15, -0.1) is 0 Å². The number of aromatic nitrogens is 1. The SMILES string of the molecule is NC(=O)c1cccc2c3c([nH]c12)CC(O)C(O)C3. The van der Waals surface area contributed by atoms with Crippen LogP contribution < -0.4 is 5.73 Å². The van der Waals surface area contributed by atoms with Crippen molar-refractivity contribution < 1.29 is 15.0 Å². The van der Waals surface area contributed by atoms with E-state index in [1.54, 1.807) is 12.1 Å². The van der Waals surface area contributed by atoms with Gasteiger partial charge >= 0.3 is 0 Å². The van der Waals surface area contributed by atoms with E-state index in [1.165, 1.54) is 0 Å². The number of carbonyl (C=O) groups is 1. The van der Waals surface area contributed by atoms with Gasteiger partial charge in [0.25, 0.3) is 5.91 Å². The first-order valence-electron chi connectivity index (χ1n) is 5.86. The molecule has 5 heteroatoms. The number of para-hydroxylation sites is 1. The summed E-state index contributed by atoms with van der Waals surface area (Å²) in [6.07, 6.45) is -0.765. The number of hydrogen-bond acceptors (Lipinski definition) is 3. The number of H-pyrrole nitrogens is 1. The Morgan fingerprint density at radius 1 is 1.28 bits per heavy atom. The third-order valence-electron chi connectivity index (χ3n) is 3.57. The summed E-state index contributed by atoms with van der Waals surface area (Å²) in [6.45, 7) is 0. The number of amides is 1. The number of nitrogens with two attached hydrogens (primary N) is 1. The van der Waals surface area contributed by atoms with Gasteiger partial charge in [-0.2, -0.15) is 0 Å². The maximum Gasteiger partial charge on any atom is 0.250 e. The summed E-state index contributed by atoms with van der Waals surface area (Å²) < 4.78 is 0. The van der Waals surface area contributed by atoms with E-state index in [-0.39, 0.29) is 0 Å². The van der Waals surface area contributed by atoms with Crippen LogP contribution in [0.2, 0.25) is 0 Å². The standard InChI is InChI=1S/C13H14N2O3/c14-13(18)7-3-1-2-6-8-4-10(16)11(17)5-9(8)15-12(6)7/h1-3,10-11,15-17H,4-5H2,(H2,14,18). The number of aromatic amines is 1. The molecule has 0 aliphatic heterocycles. The van der Waals surface area contributed by atoms with Gasteiger partial charge in [-0.3, -0.25) is 4.79 Å². The van der Waals surface area contributed by atoms with Gasteiger partial charge in [0.1, 0.15) is 0 Å². The average molecular weight is 246 g/mol. The summed E-state index contributed by atoms with van der Waals surface area (Å²) >= 11 is 0. The zero-order chi connectivity index (χ0) is 12.9. The molecule has 1 aromatic heterocycles. The van der Waals surface area contributed by atoms with E-state index >= 15 is 0 Å². The van der Waals surface area contributed by atoms with E-state index in [1.807, 2.05) is 6.07 Å². The number of benzene rings is 1. The van der Waals surface area contributed by atoms with Crippen LogP contribution in [0.3, 0.4) is 0 Å². The van der Waals surface area contributed by atoms with Crippen LogP contribution >= 0.6 is 0 Å². The topological polar surface area (TPSA) is 99.3 Å². The molecule has 5 nitrogen and oxygen atoms in total. The van der Waals surface area contributed by atoms with E-state index in [4.69, 9.17) is 5.73 Å². The molecular weight excluding hydrogens is 232 g/mol. The number of carbonyl (C=O) groups excluding carboxylic acids is 1. The molecule has 94 valence electrons. The zero-order valence-corrected chi connectivity index (χ0v) is 9.68. The van der Waals surface area contributed by atoms with Gasteiger partial charge in [-0.25, -0.2) is 0 Å². The Hall–Kier alpha value is -1.85. The molecule has 0 saturated heterocycles. The molecular formula is C13H14N2O3. The molecule has 0 radical (unpaired) electrons. The molecule has 1 aromatic carbocycles. The minimum absolute atomic E-state index is 0.364. The maximum atomic E-state index is 11.4. The molecule has 1 heterocycles. The minimum Gasteiger partial charge on any atom is -0.390 e. The van der Waals surface area contributed by atoms with Crippen molar-refractivity contribution >= 4 is 16.8 Å². The molecule has 18 heavy (non-hydrogen) atoms. The Bertz CT molecular complexity index is 632. The fourth-order valence-electron chi connectivity index (χ4n) is 2.63. The Morgan fingerprint density at radius 3 is 2.72 bits per heavy atom. The van der Waals surface area contributed by atoms with Crippen molar-refractivity contribution in [3.05, 3.63) is 35.0 Å². The Kier molecular flexibility index (Phi) is 2.39. The van der Waals surface area contributed by atoms with Crippen LogP contribution in [-0.2, 0) is 12.8 Å². The highest BCUT2D eigenvalue weighted by atomic mass is 16.3. The molecule has 5 N–H and O–H groups in total. The lowest BCUT2D eigenvalue weighted by Gasteiger charge is -2.23. The summed E-state index contributed by atoms with van der Waals surface area (Å²) in [6, 6.07) is 5.33. The second kappa shape index (κ2) is 3.83. The van der Waals surface area contributed by atoms with Crippen LogP contribution in [0, 0.1) is 0 Å². The number of primary amides is 1. The number of rotatable bonds is 1. The van der Waals surface area contributed by atoms with Crippen LogP contribution in [0.25, 0.3) is 10.9 Å². The Balaban J connectivity index is 2.25. The van der Waals surface area contributed by atoms with E-state index in [2.05, 4.69) is 4.98 Å². The summed E-state index contributed by atoms with van der Waals surface area (Å²) in [5.74, 6) is -0.486. The van der Waals surface area contributed by atoms with E-state index in [0.717, 1.165) is 16.6 Å². The summed E-state index contributed by atoms with van der Waals surface area (Å²) in [5, 5.41) is 20.3. The molecule has 0 bridgehead atoms. The monoisotopic (exact) mass is 246 g/mol. The normalized spacial score (nSPS) is 23.0. The number of hydrogen-bond donors (Lipinski definition) is 4. The second-order valence-corrected chi connectivity index (χ2v) is 4.72. The second-order valence-electron chi connectivity index (χ2n) is 4.72.